The highest BCUT2D eigenvalue weighted by Gasteiger charge is 2.29. The molecule has 0 saturated heterocycles. The van der Waals surface area contributed by atoms with Crippen LogP contribution in [0.2, 0.25) is 5.02 Å². The van der Waals surface area contributed by atoms with Crippen molar-refractivity contribution in [3.8, 4) is 16.9 Å². The summed E-state index contributed by atoms with van der Waals surface area (Å²) < 4.78 is 75.6. The number of sulfonamides is 1. The van der Waals surface area contributed by atoms with Gasteiger partial charge in [0.05, 0.1) is 17.6 Å². The summed E-state index contributed by atoms with van der Waals surface area (Å²) in [7, 11) is -8.18. The Morgan fingerprint density at radius 1 is 1.12 bits per heavy atom. The quantitative estimate of drug-likeness (QED) is 0.763. The molecule has 2 aromatic rings. The van der Waals surface area contributed by atoms with Crippen LogP contribution in [0.15, 0.2) is 40.1 Å². The minimum atomic E-state index is -4.89. The Hall–Kier alpha value is -1.72. The molecule has 2 rings (SSSR count). The van der Waals surface area contributed by atoms with Crippen molar-refractivity contribution < 1.29 is 30.5 Å². The van der Waals surface area contributed by atoms with Gasteiger partial charge in [-0.2, -0.15) is 8.42 Å². The molecule has 11 heteroatoms. The van der Waals surface area contributed by atoms with Gasteiger partial charge in [-0.15, -0.1) is 0 Å². The first-order valence-electron chi connectivity index (χ1n) is 6.13. The normalized spacial score (nSPS) is 12.2. The third kappa shape index (κ3) is 3.52. The number of nitrogens with two attached hydrogens (primary N) is 1. The zero-order valence-corrected chi connectivity index (χ0v) is 14.4. The van der Waals surface area contributed by atoms with Crippen molar-refractivity contribution >= 4 is 31.7 Å². The summed E-state index contributed by atoms with van der Waals surface area (Å²) in [5.74, 6) is -1.29. The maximum absolute atomic E-state index is 14.4. The van der Waals surface area contributed by atoms with Crippen LogP contribution >= 0.6 is 11.6 Å². The second kappa shape index (κ2) is 6.30. The first-order chi connectivity index (χ1) is 11.0. The first-order valence-corrected chi connectivity index (χ1v) is 9.50. The number of rotatable bonds is 4. The van der Waals surface area contributed by atoms with Crippen molar-refractivity contribution in [1.82, 2.24) is 0 Å². The standard InChI is InChI=1S/C13H11ClFNO6S2/c1-22-9-6-7(14)5-8(15)12(9)13-10(23(16,17)18)3-2-4-11(13)24(19,20)21/h2-6H,1H3,(H2,16,17,18)(H,19,20,21). The molecule has 0 unspecified atom stereocenters. The molecule has 0 aliphatic rings. The van der Waals surface area contributed by atoms with Crippen LogP contribution in [0, 0.1) is 5.82 Å². The van der Waals surface area contributed by atoms with Gasteiger partial charge < -0.3 is 4.74 Å². The molecule has 0 radical (unpaired) electrons. The summed E-state index contributed by atoms with van der Waals surface area (Å²) in [6.45, 7) is 0. The first kappa shape index (κ1) is 18.6. The zero-order valence-electron chi connectivity index (χ0n) is 12.0. The van der Waals surface area contributed by atoms with Gasteiger partial charge in [-0.25, -0.2) is 17.9 Å². The van der Waals surface area contributed by atoms with E-state index in [4.69, 9.17) is 21.5 Å². The molecule has 2 aromatic carbocycles. The van der Waals surface area contributed by atoms with Gasteiger partial charge in [-0.3, -0.25) is 4.55 Å². The molecule has 3 N–H and O–H groups in total. The molecular weight excluding hydrogens is 385 g/mol. The summed E-state index contributed by atoms with van der Waals surface area (Å²) in [4.78, 5) is -1.54. The highest BCUT2D eigenvalue weighted by Crippen LogP contribution is 2.41. The van der Waals surface area contributed by atoms with Gasteiger partial charge >= 0.3 is 0 Å². The van der Waals surface area contributed by atoms with E-state index in [2.05, 4.69) is 0 Å². The minimum Gasteiger partial charge on any atom is -0.496 e. The SMILES string of the molecule is COc1cc(Cl)cc(F)c1-c1c(S(N)(=O)=O)cccc1S(=O)(=O)O. The lowest BCUT2D eigenvalue weighted by Crippen LogP contribution is -2.16. The molecule has 0 heterocycles. The van der Waals surface area contributed by atoms with Gasteiger partial charge in [0, 0.05) is 10.6 Å². The highest BCUT2D eigenvalue weighted by atomic mass is 35.5. The van der Waals surface area contributed by atoms with Crippen LogP contribution < -0.4 is 9.88 Å². The van der Waals surface area contributed by atoms with Crippen LogP contribution in [-0.4, -0.2) is 28.5 Å². The summed E-state index contributed by atoms with van der Waals surface area (Å²) in [5, 5.41) is 5.02. The molecule has 0 bridgehead atoms. The number of primary sulfonamides is 1. The molecule has 0 saturated carbocycles. The Balaban J connectivity index is 3.10. The molecule has 0 fully saturated rings. The van der Waals surface area contributed by atoms with Gasteiger partial charge in [0.2, 0.25) is 10.0 Å². The molecule has 0 amide bonds. The maximum Gasteiger partial charge on any atom is 0.295 e. The summed E-state index contributed by atoms with van der Waals surface area (Å²) >= 11 is 5.72. The van der Waals surface area contributed by atoms with Crippen LogP contribution in [0.5, 0.6) is 5.75 Å². The summed E-state index contributed by atoms with van der Waals surface area (Å²) in [5.41, 5.74) is -1.16. The van der Waals surface area contributed by atoms with Gasteiger partial charge in [0.15, 0.2) is 0 Å². The molecule has 0 atom stereocenters. The van der Waals surface area contributed by atoms with Crippen molar-refractivity contribution in [2.24, 2.45) is 5.14 Å². The van der Waals surface area contributed by atoms with Crippen molar-refractivity contribution in [2.45, 2.75) is 9.79 Å². The van der Waals surface area contributed by atoms with Gasteiger partial charge in [-0.1, -0.05) is 17.7 Å². The fourth-order valence-electron chi connectivity index (χ4n) is 2.16. The van der Waals surface area contributed by atoms with E-state index in [1.54, 1.807) is 0 Å². The maximum atomic E-state index is 14.4. The topological polar surface area (TPSA) is 124 Å². The molecule has 0 spiro atoms. The monoisotopic (exact) mass is 395 g/mol. The van der Waals surface area contributed by atoms with E-state index in [-0.39, 0.29) is 10.8 Å². The van der Waals surface area contributed by atoms with E-state index in [1.807, 2.05) is 0 Å². The van der Waals surface area contributed by atoms with Crippen LogP contribution in [0.4, 0.5) is 4.39 Å². The Morgan fingerprint density at radius 3 is 2.21 bits per heavy atom. The van der Waals surface area contributed by atoms with Crippen molar-refractivity contribution in [2.75, 3.05) is 7.11 Å². The van der Waals surface area contributed by atoms with Gasteiger partial charge in [-0.05, 0) is 24.3 Å². The Kier molecular flexibility index (Phi) is 4.88. The molecule has 0 aliphatic heterocycles. The molecule has 0 aromatic heterocycles. The predicted octanol–water partition coefficient (Wildman–Crippen LogP) is 2.05. The fraction of sp³-hybridized carbons (Fsp3) is 0.0769. The van der Waals surface area contributed by atoms with Crippen LogP contribution in [0.1, 0.15) is 0 Å². The predicted molar refractivity (Wildman–Crippen MR) is 84.6 cm³/mol. The third-order valence-corrected chi connectivity index (χ3v) is 5.13. The fourth-order valence-corrected chi connectivity index (χ4v) is 3.91. The number of benzene rings is 2. The number of methoxy groups -OCH3 is 1. The Bertz CT molecular complexity index is 971. The smallest absolute Gasteiger partial charge is 0.295 e. The van der Waals surface area contributed by atoms with Gasteiger partial charge in [0.1, 0.15) is 16.5 Å². The van der Waals surface area contributed by atoms with E-state index >= 15 is 0 Å². The lowest BCUT2D eigenvalue weighted by molar-refractivity contribution is 0.413. The second-order valence-corrected chi connectivity index (χ2v) is 7.97. The largest absolute Gasteiger partial charge is 0.496 e. The Labute approximate surface area is 142 Å². The minimum absolute atomic E-state index is 0.0606. The third-order valence-electron chi connectivity index (χ3n) is 3.06. The number of ether oxygens (including phenoxy) is 1. The van der Waals surface area contributed by atoms with E-state index in [0.717, 1.165) is 37.4 Å². The van der Waals surface area contributed by atoms with E-state index in [9.17, 15) is 25.8 Å². The molecule has 130 valence electrons. The van der Waals surface area contributed by atoms with Crippen molar-refractivity contribution in [3.05, 3.63) is 41.2 Å². The number of hydrogen-bond donors (Lipinski definition) is 2. The van der Waals surface area contributed by atoms with Crippen molar-refractivity contribution in [1.29, 1.82) is 0 Å². The van der Waals surface area contributed by atoms with E-state index < -0.39 is 46.9 Å². The van der Waals surface area contributed by atoms with E-state index in [1.165, 1.54) is 0 Å². The average molecular weight is 396 g/mol. The van der Waals surface area contributed by atoms with Crippen LogP contribution in [0.25, 0.3) is 11.1 Å². The number of hydrogen-bond acceptors (Lipinski definition) is 5. The molecule has 0 aliphatic carbocycles. The molecule has 24 heavy (non-hydrogen) atoms. The zero-order chi connectivity index (χ0) is 18.3. The molecular formula is C13H11ClFNO6S2. The lowest BCUT2D eigenvalue weighted by atomic mass is 10.0. The Morgan fingerprint density at radius 2 is 1.71 bits per heavy atom. The van der Waals surface area contributed by atoms with Crippen LogP contribution in [0.3, 0.4) is 0 Å². The highest BCUT2D eigenvalue weighted by molar-refractivity contribution is 7.89. The summed E-state index contributed by atoms with van der Waals surface area (Å²) in [6.07, 6.45) is 0. The number of halogens is 2. The van der Waals surface area contributed by atoms with Gasteiger partial charge in [0.25, 0.3) is 10.1 Å². The summed E-state index contributed by atoms with van der Waals surface area (Å²) in [6, 6.07) is 4.94. The average Bonchev–Trinajstić information content (AvgIpc) is 2.43. The van der Waals surface area contributed by atoms with Crippen LogP contribution in [-0.2, 0) is 20.1 Å². The van der Waals surface area contributed by atoms with Crippen molar-refractivity contribution in [3.63, 3.8) is 0 Å². The molecule has 7 nitrogen and oxygen atoms in total. The van der Waals surface area contributed by atoms with E-state index in [0.29, 0.717) is 0 Å². The second-order valence-electron chi connectivity index (χ2n) is 4.61. The lowest BCUT2D eigenvalue weighted by Gasteiger charge is -2.16.